The average molecular weight is 270 g/mol. The van der Waals surface area contributed by atoms with Gasteiger partial charge >= 0.3 is 0 Å². The third-order valence-corrected chi connectivity index (χ3v) is 3.87. The molecule has 3 rings (SSSR count). The van der Waals surface area contributed by atoms with Gasteiger partial charge in [0.25, 0.3) is 0 Å². The molecule has 1 aliphatic rings. The van der Waals surface area contributed by atoms with Gasteiger partial charge in [-0.1, -0.05) is 12.1 Å². The number of aromatic nitrogens is 2. The van der Waals surface area contributed by atoms with E-state index in [-0.39, 0.29) is 5.78 Å². The molecule has 0 atom stereocenters. The highest BCUT2D eigenvalue weighted by molar-refractivity contribution is 5.99. The molecule has 1 heterocycles. The fourth-order valence-electron chi connectivity index (χ4n) is 2.83. The number of aryl methyl sites for hydroxylation is 1. The zero-order valence-electron chi connectivity index (χ0n) is 11.8. The fourth-order valence-corrected chi connectivity index (χ4v) is 2.83. The van der Waals surface area contributed by atoms with E-state index in [9.17, 15) is 4.79 Å². The summed E-state index contributed by atoms with van der Waals surface area (Å²) in [6.45, 7) is 0. The molecule has 0 amide bonds. The quantitative estimate of drug-likeness (QED) is 0.861. The van der Waals surface area contributed by atoms with Crippen LogP contribution < -0.4 is 4.74 Å². The Kier molecular flexibility index (Phi) is 3.30. The molecule has 2 aromatic rings. The Morgan fingerprint density at radius 3 is 2.70 bits per heavy atom. The highest BCUT2D eigenvalue weighted by Crippen LogP contribution is 2.26. The van der Waals surface area contributed by atoms with Crippen LogP contribution in [-0.2, 0) is 19.9 Å². The fraction of sp³-hybridized carbons (Fsp3) is 0.375. The minimum absolute atomic E-state index is 0.239. The first kappa shape index (κ1) is 12.9. The summed E-state index contributed by atoms with van der Waals surface area (Å²) in [6.07, 6.45) is 3.23. The summed E-state index contributed by atoms with van der Waals surface area (Å²) in [6, 6.07) is 7.92. The molecular formula is C16H18N2O2. The standard InChI is InChI=1S/C16H18N2O2/c1-18-14-4-3-5-15(19)16(14)13(17-18)10-11-6-8-12(20-2)9-7-11/h6-9H,3-5,10H2,1-2H3. The molecule has 104 valence electrons. The molecule has 0 aliphatic heterocycles. The third-order valence-electron chi connectivity index (χ3n) is 3.87. The van der Waals surface area contributed by atoms with Crippen molar-refractivity contribution in [2.45, 2.75) is 25.7 Å². The molecule has 0 fully saturated rings. The molecule has 4 nitrogen and oxygen atoms in total. The number of rotatable bonds is 3. The van der Waals surface area contributed by atoms with Gasteiger partial charge in [0.2, 0.25) is 0 Å². The molecule has 0 radical (unpaired) electrons. The monoisotopic (exact) mass is 270 g/mol. The Bertz CT molecular complexity index is 641. The van der Waals surface area contributed by atoms with E-state index in [0.717, 1.165) is 41.1 Å². The first-order chi connectivity index (χ1) is 9.69. The van der Waals surface area contributed by atoms with Crippen LogP contribution in [0, 0.1) is 0 Å². The molecule has 1 aliphatic carbocycles. The molecule has 20 heavy (non-hydrogen) atoms. The van der Waals surface area contributed by atoms with Crippen LogP contribution in [0.25, 0.3) is 0 Å². The van der Waals surface area contributed by atoms with Crippen LogP contribution in [0.2, 0.25) is 0 Å². The van der Waals surface area contributed by atoms with Gasteiger partial charge in [-0.15, -0.1) is 0 Å². The number of hydrogen-bond donors (Lipinski definition) is 0. The number of fused-ring (bicyclic) bond motifs is 1. The van der Waals surface area contributed by atoms with Gasteiger partial charge in [-0.2, -0.15) is 5.10 Å². The minimum Gasteiger partial charge on any atom is -0.497 e. The number of methoxy groups -OCH3 is 1. The lowest BCUT2D eigenvalue weighted by Crippen LogP contribution is -2.13. The summed E-state index contributed by atoms with van der Waals surface area (Å²) in [5, 5.41) is 4.55. The topological polar surface area (TPSA) is 44.1 Å². The van der Waals surface area contributed by atoms with Crippen molar-refractivity contribution in [3.05, 3.63) is 46.8 Å². The van der Waals surface area contributed by atoms with Gasteiger partial charge in [0.1, 0.15) is 5.75 Å². The molecule has 4 heteroatoms. The van der Waals surface area contributed by atoms with Crippen molar-refractivity contribution >= 4 is 5.78 Å². The molecule has 0 N–H and O–H groups in total. The minimum atomic E-state index is 0.239. The summed E-state index contributed by atoms with van der Waals surface area (Å²) in [7, 11) is 3.58. The van der Waals surface area contributed by atoms with E-state index >= 15 is 0 Å². The predicted molar refractivity (Wildman–Crippen MR) is 76.3 cm³/mol. The second kappa shape index (κ2) is 5.12. The number of carbonyl (C=O) groups excluding carboxylic acids is 1. The van der Waals surface area contributed by atoms with Crippen molar-refractivity contribution in [2.24, 2.45) is 7.05 Å². The highest BCUT2D eigenvalue weighted by atomic mass is 16.5. The van der Waals surface area contributed by atoms with E-state index in [4.69, 9.17) is 4.74 Å². The molecule has 0 bridgehead atoms. The van der Waals surface area contributed by atoms with E-state index in [1.54, 1.807) is 7.11 Å². The van der Waals surface area contributed by atoms with Crippen LogP contribution in [0.5, 0.6) is 5.75 Å². The third kappa shape index (κ3) is 2.22. The van der Waals surface area contributed by atoms with Gasteiger partial charge in [-0.05, 0) is 30.5 Å². The molecule has 1 aromatic heterocycles. The molecule has 1 aromatic carbocycles. The second-order valence-electron chi connectivity index (χ2n) is 5.19. The normalized spacial score (nSPS) is 14.2. The SMILES string of the molecule is COc1ccc(Cc2nn(C)c3c2C(=O)CCC3)cc1. The number of carbonyl (C=O) groups is 1. The lowest BCUT2D eigenvalue weighted by Gasteiger charge is -2.11. The Labute approximate surface area is 118 Å². The lowest BCUT2D eigenvalue weighted by atomic mass is 9.92. The molecule has 0 unspecified atom stereocenters. The molecule has 0 saturated heterocycles. The smallest absolute Gasteiger partial charge is 0.166 e. The van der Waals surface area contributed by atoms with Gasteiger partial charge in [0.15, 0.2) is 5.78 Å². The highest BCUT2D eigenvalue weighted by Gasteiger charge is 2.25. The van der Waals surface area contributed by atoms with E-state index in [1.807, 2.05) is 36.0 Å². The zero-order chi connectivity index (χ0) is 14.1. The summed E-state index contributed by atoms with van der Waals surface area (Å²) in [4.78, 5) is 12.1. The number of ketones is 1. The number of nitrogens with zero attached hydrogens (tertiary/aromatic N) is 2. The van der Waals surface area contributed by atoms with Crippen molar-refractivity contribution in [1.29, 1.82) is 0 Å². The summed E-state index contributed by atoms with van der Waals surface area (Å²) < 4.78 is 7.02. The van der Waals surface area contributed by atoms with Crippen molar-refractivity contribution in [3.8, 4) is 5.75 Å². The lowest BCUT2D eigenvalue weighted by molar-refractivity contribution is 0.0971. The van der Waals surface area contributed by atoms with E-state index in [0.29, 0.717) is 12.8 Å². The van der Waals surface area contributed by atoms with Gasteiger partial charge in [-0.3, -0.25) is 9.48 Å². The average Bonchev–Trinajstić information content (AvgIpc) is 2.78. The summed E-state index contributed by atoms with van der Waals surface area (Å²) in [5.74, 6) is 1.08. The largest absolute Gasteiger partial charge is 0.497 e. The predicted octanol–water partition coefficient (Wildman–Crippen LogP) is 2.54. The maximum absolute atomic E-state index is 12.1. The van der Waals surface area contributed by atoms with E-state index in [2.05, 4.69) is 5.10 Å². The Morgan fingerprint density at radius 1 is 1.25 bits per heavy atom. The first-order valence-corrected chi connectivity index (χ1v) is 6.90. The van der Waals surface area contributed by atoms with Gasteiger partial charge in [0.05, 0.1) is 18.4 Å². The van der Waals surface area contributed by atoms with Crippen LogP contribution in [-0.4, -0.2) is 22.7 Å². The number of hydrogen-bond acceptors (Lipinski definition) is 3. The zero-order valence-corrected chi connectivity index (χ0v) is 11.8. The van der Waals surface area contributed by atoms with Gasteiger partial charge < -0.3 is 4.74 Å². The Morgan fingerprint density at radius 2 is 2.00 bits per heavy atom. The van der Waals surface area contributed by atoms with Crippen LogP contribution in [0.15, 0.2) is 24.3 Å². The van der Waals surface area contributed by atoms with Crippen molar-refractivity contribution in [2.75, 3.05) is 7.11 Å². The number of ether oxygens (including phenoxy) is 1. The maximum atomic E-state index is 12.1. The van der Waals surface area contributed by atoms with Crippen molar-refractivity contribution < 1.29 is 9.53 Å². The van der Waals surface area contributed by atoms with Crippen LogP contribution >= 0.6 is 0 Å². The Hall–Kier alpha value is -2.10. The first-order valence-electron chi connectivity index (χ1n) is 6.90. The molecule has 0 saturated carbocycles. The van der Waals surface area contributed by atoms with Gasteiger partial charge in [0, 0.05) is 25.6 Å². The van der Waals surface area contributed by atoms with Crippen molar-refractivity contribution in [3.63, 3.8) is 0 Å². The van der Waals surface area contributed by atoms with Crippen LogP contribution in [0.1, 0.15) is 40.2 Å². The summed E-state index contributed by atoms with van der Waals surface area (Å²) in [5.41, 5.74) is 3.99. The summed E-state index contributed by atoms with van der Waals surface area (Å²) >= 11 is 0. The number of benzene rings is 1. The second-order valence-corrected chi connectivity index (χ2v) is 5.19. The van der Waals surface area contributed by atoms with Crippen LogP contribution in [0.3, 0.4) is 0 Å². The number of Topliss-reactive ketones (excluding diaryl/α,β-unsaturated/α-hetero) is 1. The van der Waals surface area contributed by atoms with E-state index in [1.165, 1.54) is 0 Å². The Balaban J connectivity index is 1.92. The molecular weight excluding hydrogens is 252 g/mol. The van der Waals surface area contributed by atoms with Gasteiger partial charge in [-0.25, -0.2) is 0 Å². The van der Waals surface area contributed by atoms with E-state index < -0.39 is 0 Å². The van der Waals surface area contributed by atoms with Crippen molar-refractivity contribution in [1.82, 2.24) is 9.78 Å². The molecule has 0 spiro atoms. The maximum Gasteiger partial charge on any atom is 0.166 e. The van der Waals surface area contributed by atoms with Crippen LogP contribution in [0.4, 0.5) is 0 Å².